The van der Waals surface area contributed by atoms with Crippen LogP contribution in [-0.4, -0.2) is 12.6 Å². The van der Waals surface area contributed by atoms with Gasteiger partial charge in [0.1, 0.15) is 0 Å². The van der Waals surface area contributed by atoms with Gasteiger partial charge in [-0.25, -0.2) is 0 Å². The summed E-state index contributed by atoms with van der Waals surface area (Å²) < 4.78 is 0. The summed E-state index contributed by atoms with van der Waals surface area (Å²) in [4.78, 5) is 0. The third-order valence-electron chi connectivity index (χ3n) is 4.82. The minimum atomic E-state index is 0.208. The van der Waals surface area contributed by atoms with E-state index in [9.17, 15) is 0 Å². The van der Waals surface area contributed by atoms with Crippen molar-refractivity contribution in [3.8, 4) is 0 Å². The molecule has 0 radical (unpaired) electrons. The number of hydrogen-bond acceptors (Lipinski definition) is 2. The molecule has 118 valence electrons. The first-order valence-corrected chi connectivity index (χ1v) is 8.28. The van der Waals surface area contributed by atoms with Crippen molar-refractivity contribution in [1.82, 2.24) is 5.32 Å². The van der Waals surface area contributed by atoms with Crippen molar-refractivity contribution in [2.24, 2.45) is 11.1 Å². The summed E-state index contributed by atoms with van der Waals surface area (Å²) in [7, 11) is 0. The monoisotopic (exact) mass is 288 g/mol. The molecule has 0 bridgehead atoms. The lowest BCUT2D eigenvalue weighted by Gasteiger charge is -2.25. The van der Waals surface area contributed by atoms with Gasteiger partial charge in [0.15, 0.2) is 0 Å². The van der Waals surface area contributed by atoms with Gasteiger partial charge in [-0.15, -0.1) is 0 Å². The highest BCUT2D eigenvalue weighted by Gasteiger charge is 2.31. The van der Waals surface area contributed by atoms with E-state index in [4.69, 9.17) is 5.73 Å². The lowest BCUT2D eigenvalue weighted by molar-refractivity contribution is 0.353. The summed E-state index contributed by atoms with van der Waals surface area (Å²) in [5.74, 6) is 0. The molecule has 2 unspecified atom stereocenters. The van der Waals surface area contributed by atoms with Crippen LogP contribution in [0.5, 0.6) is 0 Å². The van der Waals surface area contributed by atoms with Crippen molar-refractivity contribution in [2.45, 2.75) is 71.4 Å². The first-order chi connectivity index (χ1) is 9.71. The van der Waals surface area contributed by atoms with Crippen LogP contribution in [0.3, 0.4) is 0 Å². The number of nitrogens with two attached hydrogens (primary N) is 1. The van der Waals surface area contributed by atoms with Crippen LogP contribution in [0.15, 0.2) is 24.3 Å². The van der Waals surface area contributed by atoms with Gasteiger partial charge in [-0.05, 0) is 41.2 Å². The van der Waals surface area contributed by atoms with E-state index in [2.05, 4.69) is 64.2 Å². The van der Waals surface area contributed by atoms with Crippen LogP contribution in [0.1, 0.15) is 71.0 Å². The lowest BCUT2D eigenvalue weighted by atomic mass is 9.86. The third-order valence-corrected chi connectivity index (χ3v) is 4.82. The van der Waals surface area contributed by atoms with Crippen LogP contribution >= 0.6 is 0 Å². The van der Waals surface area contributed by atoms with E-state index in [0.717, 1.165) is 0 Å². The van der Waals surface area contributed by atoms with Crippen molar-refractivity contribution in [1.29, 1.82) is 0 Å². The normalized spacial score (nSPS) is 23.2. The molecule has 2 rings (SSSR count). The zero-order valence-corrected chi connectivity index (χ0v) is 14.4. The standard InChI is InChI=1S/C19H32N2/c1-18(2,3)15-8-6-14(7-9-15)17(13-20)21-16-10-11-19(4,5)12-16/h6-9,16-17,21H,10-13,20H2,1-5H3. The summed E-state index contributed by atoms with van der Waals surface area (Å²) in [5, 5.41) is 3.77. The Balaban J connectivity index is 2.04. The first kappa shape index (κ1) is 16.5. The molecule has 1 aliphatic carbocycles. The maximum atomic E-state index is 6.01. The highest BCUT2D eigenvalue weighted by molar-refractivity contribution is 5.29. The van der Waals surface area contributed by atoms with E-state index in [-0.39, 0.29) is 11.5 Å². The molecule has 0 aliphatic heterocycles. The first-order valence-electron chi connectivity index (χ1n) is 8.28. The van der Waals surface area contributed by atoms with Crippen molar-refractivity contribution >= 4 is 0 Å². The Morgan fingerprint density at radius 3 is 2.29 bits per heavy atom. The molecule has 2 nitrogen and oxygen atoms in total. The SMILES string of the molecule is CC1(C)CCC(NC(CN)c2ccc(C(C)(C)C)cc2)C1. The second-order valence-electron chi connectivity index (χ2n) is 8.43. The fourth-order valence-electron chi connectivity index (χ4n) is 3.38. The van der Waals surface area contributed by atoms with Crippen molar-refractivity contribution in [3.05, 3.63) is 35.4 Å². The highest BCUT2D eigenvalue weighted by Crippen LogP contribution is 2.37. The second-order valence-corrected chi connectivity index (χ2v) is 8.43. The van der Waals surface area contributed by atoms with E-state index in [1.165, 1.54) is 30.4 Å². The Hall–Kier alpha value is -0.860. The number of rotatable bonds is 4. The quantitative estimate of drug-likeness (QED) is 0.873. The van der Waals surface area contributed by atoms with Crippen molar-refractivity contribution < 1.29 is 0 Å². The molecule has 1 saturated carbocycles. The minimum Gasteiger partial charge on any atom is -0.329 e. The van der Waals surface area contributed by atoms with Gasteiger partial charge in [-0.1, -0.05) is 58.9 Å². The van der Waals surface area contributed by atoms with Crippen LogP contribution < -0.4 is 11.1 Å². The van der Waals surface area contributed by atoms with E-state index >= 15 is 0 Å². The fraction of sp³-hybridized carbons (Fsp3) is 0.684. The van der Waals surface area contributed by atoms with Crippen LogP contribution in [0.2, 0.25) is 0 Å². The topological polar surface area (TPSA) is 38.0 Å². The Bertz CT molecular complexity index is 453. The fourth-order valence-corrected chi connectivity index (χ4v) is 3.38. The van der Waals surface area contributed by atoms with Gasteiger partial charge < -0.3 is 11.1 Å². The summed E-state index contributed by atoms with van der Waals surface area (Å²) in [6.45, 7) is 12.1. The zero-order valence-electron chi connectivity index (χ0n) is 14.4. The zero-order chi connectivity index (χ0) is 15.7. The molecule has 3 N–H and O–H groups in total. The Morgan fingerprint density at radius 1 is 1.24 bits per heavy atom. The number of hydrogen-bond donors (Lipinski definition) is 2. The molecule has 0 aromatic heterocycles. The average Bonchev–Trinajstić information content (AvgIpc) is 2.74. The molecule has 0 heterocycles. The molecule has 1 aromatic rings. The molecule has 0 amide bonds. The summed E-state index contributed by atoms with van der Waals surface area (Å²) in [5.41, 5.74) is 9.39. The van der Waals surface area contributed by atoms with Crippen LogP contribution in [-0.2, 0) is 5.41 Å². The molecule has 2 atom stereocenters. The molecule has 0 saturated heterocycles. The molecule has 1 aliphatic rings. The van der Waals surface area contributed by atoms with Gasteiger partial charge in [0.05, 0.1) is 0 Å². The van der Waals surface area contributed by atoms with E-state index < -0.39 is 0 Å². The van der Waals surface area contributed by atoms with Gasteiger partial charge >= 0.3 is 0 Å². The van der Waals surface area contributed by atoms with E-state index in [1.807, 2.05) is 0 Å². The van der Waals surface area contributed by atoms with Crippen LogP contribution in [0.25, 0.3) is 0 Å². The molecule has 2 heteroatoms. The molecule has 21 heavy (non-hydrogen) atoms. The maximum Gasteiger partial charge on any atom is 0.0446 e. The van der Waals surface area contributed by atoms with Crippen molar-refractivity contribution in [2.75, 3.05) is 6.54 Å². The molecule has 0 spiro atoms. The van der Waals surface area contributed by atoms with E-state index in [1.54, 1.807) is 0 Å². The summed E-state index contributed by atoms with van der Waals surface area (Å²) >= 11 is 0. The van der Waals surface area contributed by atoms with E-state index in [0.29, 0.717) is 18.0 Å². The predicted octanol–water partition coefficient (Wildman–Crippen LogP) is 4.15. The lowest BCUT2D eigenvalue weighted by Crippen LogP contribution is -2.35. The summed E-state index contributed by atoms with van der Waals surface area (Å²) in [6.07, 6.45) is 3.83. The minimum absolute atomic E-state index is 0.208. The number of benzene rings is 1. The van der Waals surface area contributed by atoms with Crippen molar-refractivity contribution in [3.63, 3.8) is 0 Å². The largest absolute Gasteiger partial charge is 0.329 e. The molecule has 1 fully saturated rings. The Labute approximate surface area is 130 Å². The van der Waals surface area contributed by atoms with Gasteiger partial charge in [0, 0.05) is 18.6 Å². The highest BCUT2D eigenvalue weighted by atomic mass is 15.0. The average molecular weight is 288 g/mol. The smallest absolute Gasteiger partial charge is 0.0446 e. The predicted molar refractivity (Wildman–Crippen MR) is 91.5 cm³/mol. The Kier molecular flexibility index (Phi) is 4.79. The summed E-state index contributed by atoms with van der Waals surface area (Å²) in [6, 6.07) is 9.86. The molecular weight excluding hydrogens is 256 g/mol. The molecular formula is C19H32N2. The maximum absolute atomic E-state index is 6.01. The van der Waals surface area contributed by atoms with Gasteiger partial charge in [0.25, 0.3) is 0 Å². The Morgan fingerprint density at radius 2 is 1.86 bits per heavy atom. The van der Waals surface area contributed by atoms with Crippen LogP contribution in [0.4, 0.5) is 0 Å². The third kappa shape index (κ3) is 4.31. The van der Waals surface area contributed by atoms with Crippen LogP contribution in [0, 0.1) is 5.41 Å². The van der Waals surface area contributed by atoms with Gasteiger partial charge in [0.2, 0.25) is 0 Å². The van der Waals surface area contributed by atoms with Gasteiger partial charge in [-0.3, -0.25) is 0 Å². The second kappa shape index (κ2) is 6.10. The van der Waals surface area contributed by atoms with Gasteiger partial charge in [-0.2, -0.15) is 0 Å². The molecule has 1 aromatic carbocycles. The number of nitrogens with one attached hydrogen (secondary N) is 1.